The van der Waals surface area contributed by atoms with Crippen LogP contribution in [-0.2, 0) is 20.0 Å². The van der Waals surface area contributed by atoms with Gasteiger partial charge in [-0.15, -0.1) is 0 Å². The van der Waals surface area contributed by atoms with Crippen LogP contribution in [0.3, 0.4) is 0 Å². The van der Waals surface area contributed by atoms with Crippen molar-refractivity contribution in [3.05, 3.63) is 57.3 Å². The van der Waals surface area contributed by atoms with Crippen molar-refractivity contribution >= 4 is 29.2 Å². The number of hydrogen-bond acceptors (Lipinski definition) is 1. The molecule has 1 aromatic carbocycles. The largest absolute Gasteiger partial charge is 0.356 e. The van der Waals surface area contributed by atoms with E-state index in [1.807, 2.05) is 17.7 Å². The highest BCUT2D eigenvalue weighted by Crippen LogP contribution is 2.24. The lowest BCUT2D eigenvalue weighted by atomic mass is 10.1. The van der Waals surface area contributed by atoms with Gasteiger partial charge in [-0.05, 0) is 30.5 Å². The maximum Gasteiger partial charge on any atom is 0.191 e. The zero-order valence-electron chi connectivity index (χ0n) is 13.7. The summed E-state index contributed by atoms with van der Waals surface area (Å²) in [6.45, 7) is 3.55. The molecule has 2 N–H and O–H groups in total. The Morgan fingerprint density at radius 1 is 1.22 bits per heavy atom. The third kappa shape index (κ3) is 4.66. The predicted octanol–water partition coefficient (Wildman–Crippen LogP) is 3.55. The summed E-state index contributed by atoms with van der Waals surface area (Å²) in [4.78, 5) is 4.23. The van der Waals surface area contributed by atoms with Crippen LogP contribution in [0.1, 0.15) is 16.8 Å². The summed E-state index contributed by atoms with van der Waals surface area (Å²) in [7, 11) is 3.65. The molecule has 0 bridgehead atoms. The molecule has 0 atom stereocenters. The van der Waals surface area contributed by atoms with Crippen LogP contribution in [0.2, 0.25) is 10.2 Å². The first-order valence-corrected chi connectivity index (χ1v) is 8.27. The Kier molecular flexibility index (Phi) is 6.37. The average molecular weight is 353 g/mol. The van der Waals surface area contributed by atoms with Gasteiger partial charge in [0, 0.05) is 26.3 Å². The molecule has 0 unspecified atom stereocenters. The number of aliphatic imine (C=N–C) groups is 1. The van der Waals surface area contributed by atoms with Crippen molar-refractivity contribution in [2.75, 3.05) is 13.6 Å². The Hall–Kier alpha value is -1.65. The van der Waals surface area contributed by atoms with E-state index < -0.39 is 0 Å². The number of aromatic nitrogens is 1. The van der Waals surface area contributed by atoms with E-state index in [4.69, 9.17) is 23.2 Å². The number of aryl methyl sites for hydroxylation is 1. The van der Waals surface area contributed by atoms with Crippen LogP contribution in [0, 0.1) is 6.92 Å². The van der Waals surface area contributed by atoms with E-state index in [1.54, 1.807) is 7.05 Å². The summed E-state index contributed by atoms with van der Waals surface area (Å²) in [5.74, 6) is 0.757. The Morgan fingerprint density at radius 3 is 2.57 bits per heavy atom. The van der Waals surface area contributed by atoms with Gasteiger partial charge in [-0.2, -0.15) is 0 Å². The Morgan fingerprint density at radius 2 is 1.96 bits per heavy atom. The maximum absolute atomic E-state index is 6.07. The number of nitrogens with one attached hydrogen (secondary N) is 2. The van der Waals surface area contributed by atoms with E-state index in [0.29, 0.717) is 16.7 Å². The second-order valence-electron chi connectivity index (χ2n) is 5.36. The van der Waals surface area contributed by atoms with Gasteiger partial charge in [0.15, 0.2) is 5.96 Å². The van der Waals surface area contributed by atoms with E-state index >= 15 is 0 Å². The van der Waals surface area contributed by atoms with E-state index in [-0.39, 0.29) is 0 Å². The van der Waals surface area contributed by atoms with Gasteiger partial charge >= 0.3 is 0 Å². The Balaban J connectivity index is 1.84. The average Bonchev–Trinajstić information content (AvgIpc) is 2.79. The first-order valence-electron chi connectivity index (χ1n) is 7.51. The molecule has 1 aromatic heterocycles. The molecular weight excluding hydrogens is 331 g/mol. The molecule has 0 aliphatic rings. The van der Waals surface area contributed by atoms with Gasteiger partial charge in [-0.25, -0.2) is 0 Å². The van der Waals surface area contributed by atoms with Crippen molar-refractivity contribution in [1.82, 2.24) is 15.2 Å². The summed E-state index contributed by atoms with van der Waals surface area (Å²) in [6, 6.07) is 10.3. The van der Waals surface area contributed by atoms with Gasteiger partial charge in [0.25, 0.3) is 0 Å². The third-order valence-corrected chi connectivity index (χ3v) is 4.67. The smallest absolute Gasteiger partial charge is 0.191 e. The minimum absolute atomic E-state index is 0.547. The van der Waals surface area contributed by atoms with Crippen LogP contribution < -0.4 is 10.6 Å². The summed E-state index contributed by atoms with van der Waals surface area (Å²) < 4.78 is 1.86. The van der Waals surface area contributed by atoms with E-state index in [0.717, 1.165) is 24.6 Å². The summed E-state index contributed by atoms with van der Waals surface area (Å²) in [5.41, 5.74) is 3.66. The first-order chi connectivity index (χ1) is 11.0. The SMILES string of the molecule is CN=C(NCCc1ccccc1C)NCc1cc(Cl)c(Cl)n1C. The molecule has 0 spiro atoms. The van der Waals surface area contributed by atoms with Crippen molar-refractivity contribution in [2.45, 2.75) is 19.9 Å². The lowest BCUT2D eigenvalue weighted by Gasteiger charge is -2.13. The standard InChI is InChI=1S/C17H22Cl2N4/c1-12-6-4-5-7-13(12)8-9-21-17(20-2)22-11-14-10-15(18)16(19)23(14)3/h4-7,10H,8-9,11H2,1-3H3,(H2,20,21,22). The van der Waals surface area contributed by atoms with Crippen molar-refractivity contribution < 1.29 is 0 Å². The van der Waals surface area contributed by atoms with Crippen molar-refractivity contribution in [3.63, 3.8) is 0 Å². The van der Waals surface area contributed by atoms with Gasteiger partial charge < -0.3 is 15.2 Å². The van der Waals surface area contributed by atoms with Crippen LogP contribution in [0.15, 0.2) is 35.3 Å². The molecule has 0 fully saturated rings. The van der Waals surface area contributed by atoms with Gasteiger partial charge in [-0.3, -0.25) is 4.99 Å². The quantitative estimate of drug-likeness (QED) is 0.638. The van der Waals surface area contributed by atoms with Gasteiger partial charge in [0.1, 0.15) is 5.15 Å². The number of hydrogen-bond donors (Lipinski definition) is 2. The van der Waals surface area contributed by atoms with Crippen molar-refractivity contribution in [2.24, 2.45) is 12.0 Å². The Labute approximate surface area is 147 Å². The molecule has 0 aliphatic carbocycles. The second kappa shape index (κ2) is 8.27. The summed E-state index contributed by atoms with van der Waals surface area (Å²) >= 11 is 12.1. The monoisotopic (exact) mass is 352 g/mol. The minimum atomic E-state index is 0.547. The maximum atomic E-state index is 6.07. The zero-order chi connectivity index (χ0) is 16.8. The third-order valence-electron chi connectivity index (χ3n) is 3.82. The van der Waals surface area contributed by atoms with Crippen LogP contribution in [0.25, 0.3) is 0 Å². The van der Waals surface area contributed by atoms with Crippen LogP contribution in [0.5, 0.6) is 0 Å². The normalized spacial score (nSPS) is 11.6. The molecule has 2 rings (SSSR count). The molecule has 124 valence electrons. The van der Waals surface area contributed by atoms with Crippen molar-refractivity contribution in [3.8, 4) is 0 Å². The second-order valence-corrected chi connectivity index (χ2v) is 6.13. The lowest BCUT2D eigenvalue weighted by Crippen LogP contribution is -2.38. The molecule has 0 radical (unpaired) electrons. The van der Waals surface area contributed by atoms with Crippen molar-refractivity contribution in [1.29, 1.82) is 0 Å². The highest BCUT2D eigenvalue weighted by atomic mass is 35.5. The van der Waals surface area contributed by atoms with Crippen LogP contribution in [-0.4, -0.2) is 24.1 Å². The molecule has 4 nitrogen and oxygen atoms in total. The lowest BCUT2D eigenvalue weighted by molar-refractivity contribution is 0.746. The van der Waals surface area contributed by atoms with E-state index in [9.17, 15) is 0 Å². The highest BCUT2D eigenvalue weighted by Gasteiger charge is 2.09. The van der Waals surface area contributed by atoms with Gasteiger partial charge in [0.05, 0.1) is 11.6 Å². The molecule has 2 aromatic rings. The van der Waals surface area contributed by atoms with Crippen LogP contribution >= 0.6 is 23.2 Å². The van der Waals surface area contributed by atoms with E-state index in [2.05, 4.69) is 46.8 Å². The number of nitrogens with zero attached hydrogens (tertiary/aromatic N) is 2. The molecular formula is C17H22Cl2N4. The minimum Gasteiger partial charge on any atom is -0.356 e. The predicted molar refractivity (Wildman–Crippen MR) is 98.5 cm³/mol. The molecule has 1 heterocycles. The van der Waals surface area contributed by atoms with Crippen LogP contribution in [0.4, 0.5) is 0 Å². The number of benzene rings is 1. The molecule has 0 aliphatic heterocycles. The first kappa shape index (κ1) is 17.7. The summed E-state index contributed by atoms with van der Waals surface area (Å²) in [5, 5.41) is 7.70. The highest BCUT2D eigenvalue weighted by molar-refractivity contribution is 6.41. The summed E-state index contributed by atoms with van der Waals surface area (Å²) in [6.07, 6.45) is 0.954. The fraction of sp³-hybridized carbons (Fsp3) is 0.353. The molecule has 23 heavy (non-hydrogen) atoms. The fourth-order valence-electron chi connectivity index (χ4n) is 2.36. The Bertz CT molecular complexity index is 692. The molecule has 6 heteroatoms. The van der Waals surface area contributed by atoms with Gasteiger partial charge in [0.2, 0.25) is 0 Å². The topological polar surface area (TPSA) is 41.4 Å². The number of guanidine groups is 1. The van der Waals surface area contributed by atoms with Gasteiger partial charge in [-0.1, -0.05) is 47.5 Å². The molecule has 0 saturated carbocycles. The van der Waals surface area contributed by atoms with E-state index in [1.165, 1.54) is 11.1 Å². The molecule has 0 saturated heterocycles. The fourth-order valence-corrected chi connectivity index (χ4v) is 2.78. The number of rotatable bonds is 5. The number of halogens is 2. The zero-order valence-corrected chi connectivity index (χ0v) is 15.2. The molecule has 0 amide bonds.